The summed E-state index contributed by atoms with van der Waals surface area (Å²) in [5.41, 5.74) is -0.665. The van der Waals surface area contributed by atoms with Crippen molar-refractivity contribution in [1.82, 2.24) is 14.9 Å². The summed E-state index contributed by atoms with van der Waals surface area (Å²) >= 11 is 0. The molecule has 0 aromatic carbocycles. The van der Waals surface area contributed by atoms with E-state index >= 15 is 0 Å². The Hall–Kier alpha value is -1.96. The highest BCUT2D eigenvalue weighted by molar-refractivity contribution is 5.72. The molecule has 2 heterocycles. The third-order valence-electron chi connectivity index (χ3n) is 3.20. The average Bonchev–Trinajstić information content (AvgIpc) is 2.83. The molecule has 1 saturated heterocycles. The van der Waals surface area contributed by atoms with Crippen LogP contribution in [0.3, 0.4) is 0 Å². The zero-order chi connectivity index (χ0) is 15.6. The second kappa shape index (κ2) is 5.80. The van der Waals surface area contributed by atoms with E-state index in [1.165, 1.54) is 4.57 Å². The first-order valence-electron chi connectivity index (χ1n) is 6.95. The molecule has 1 aromatic heterocycles. The second-order valence-corrected chi connectivity index (χ2v) is 6.09. The summed E-state index contributed by atoms with van der Waals surface area (Å²) in [6.07, 6.45) is 2.09. The molecule has 1 aliphatic rings. The van der Waals surface area contributed by atoms with E-state index in [0.29, 0.717) is 5.82 Å². The molecule has 1 fully saturated rings. The van der Waals surface area contributed by atoms with E-state index in [1.807, 2.05) is 0 Å². The zero-order valence-electron chi connectivity index (χ0n) is 12.5. The number of ether oxygens (including phenoxy) is 1. The highest BCUT2D eigenvalue weighted by atomic mass is 16.6. The Labute approximate surface area is 122 Å². The highest BCUT2D eigenvalue weighted by Crippen LogP contribution is 2.27. The van der Waals surface area contributed by atoms with Crippen LogP contribution in [0.25, 0.3) is 0 Å². The van der Waals surface area contributed by atoms with Gasteiger partial charge in [-0.15, -0.1) is 0 Å². The molecule has 8 heteroatoms. The molecule has 8 nitrogen and oxygen atoms in total. The van der Waals surface area contributed by atoms with Gasteiger partial charge in [-0.2, -0.15) is 0 Å². The number of carbonyl (C=O) groups is 1. The Kier molecular flexibility index (Phi) is 4.26. The fourth-order valence-electron chi connectivity index (χ4n) is 2.30. The van der Waals surface area contributed by atoms with Crippen LogP contribution in [-0.2, 0) is 4.74 Å². The molecule has 0 spiro atoms. The quantitative estimate of drug-likeness (QED) is 0.662. The molecule has 0 saturated carbocycles. The van der Waals surface area contributed by atoms with Gasteiger partial charge in [0.15, 0.2) is 0 Å². The first-order chi connectivity index (χ1) is 9.78. The number of nitrogens with one attached hydrogen (secondary N) is 1. The molecular weight excluding hydrogens is 276 g/mol. The van der Waals surface area contributed by atoms with Gasteiger partial charge in [-0.05, 0) is 56.6 Å². The normalized spacial score (nSPS) is 16.7. The third kappa shape index (κ3) is 3.78. The number of nitrogens with zero attached hydrogens (tertiary/aromatic N) is 3. The minimum atomic E-state index is -0.665. The van der Waals surface area contributed by atoms with E-state index in [4.69, 9.17) is 4.74 Å². The van der Waals surface area contributed by atoms with Crippen molar-refractivity contribution >= 4 is 11.9 Å². The summed E-state index contributed by atoms with van der Waals surface area (Å²) < 4.78 is 6.47. The zero-order valence-corrected chi connectivity index (χ0v) is 12.5. The maximum atomic E-state index is 12.2. The lowest BCUT2D eigenvalue weighted by atomic mass is 9.97. The molecule has 0 aliphatic carbocycles. The van der Waals surface area contributed by atoms with Gasteiger partial charge in [-0.3, -0.25) is 0 Å². The predicted octanol–water partition coefficient (Wildman–Crippen LogP) is 2.04. The predicted molar refractivity (Wildman–Crippen MR) is 75.4 cm³/mol. The Morgan fingerprint density at radius 2 is 2.10 bits per heavy atom. The summed E-state index contributed by atoms with van der Waals surface area (Å²) in [4.78, 5) is 26.6. The maximum absolute atomic E-state index is 12.2. The fourth-order valence-corrected chi connectivity index (χ4v) is 2.30. The number of hydrogen-bond donors (Lipinski definition) is 1. The van der Waals surface area contributed by atoms with Gasteiger partial charge in [0.05, 0.1) is 0 Å². The molecular formula is C13H20N4O4. The number of imidazole rings is 1. The van der Waals surface area contributed by atoms with E-state index in [-0.39, 0.29) is 11.7 Å². The second-order valence-electron chi connectivity index (χ2n) is 6.09. The van der Waals surface area contributed by atoms with E-state index in [1.54, 1.807) is 20.8 Å². The number of piperidine rings is 1. The molecule has 0 radical (unpaired) electrons. The minimum absolute atomic E-state index is 0.0208. The molecule has 1 N–H and O–H groups in total. The van der Waals surface area contributed by atoms with Gasteiger partial charge >= 0.3 is 11.9 Å². The van der Waals surface area contributed by atoms with Crippen molar-refractivity contribution in [2.75, 3.05) is 13.1 Å². The number of carbonyl (C=O) groups excluding carboxylic acids is 1. The highest BCUT2D eigenvalue weighted by Gasteiger charge is 2.32. The molecule has 21 heavy (non-hydrogen) atoms. The van der Waals surface area contributed by atoms with Crippen molar-refractivity contribution in [3.63, 3.8) is 0 Å². The monoisotopic (exact) mass is 296 g/mol. The van der Waals surface area contributed by atoms with Crippen LogP contribution < -0.4 is 5.32 Å². The van der Waals surface area contributed by atoms with Crippen LogP contribution in [0.1, 0.15) is 45.4 Å². The topological polar surface area (TPSA) is 99.3 Å². The largest absolute Gasteiger partial charge is 0.443 e. The van der Waals surface area contributed by atoms with Gasteiger partial charge < -0.3 is 20.2 Å². The van der Waals surface area contributed by atoms with Crippen LogP contribution in [0.2, 0.25) is 0 Å². The van der Waals surface area contributed by atoms with Crippen molar-refractivity contribution in [1.29, 1.82) is 0 Å². The number of aromatic nitrogens is 2. The van der Waals surface area contributed by atoms with Crippen LogP contribution in [0.5, 0.6) is 0 Å². The van der Waals surface area contributed by atoms with E-state index in [2.05, 4.69) is 10.3 Å². The first kappa shape index (κ1) is 15.4. The summed E-state index contributed by atoms with van der Waals surface area (Å²) in [7, 11) is 0. The lowest BCUT2D eigenvalue weighted by Crippen LogP contribution is -2.31. The summed E-state index contributed by atoms with van der Waals surface area (Å²) in [5.74, 6) is 0.110. The van der Waals surface area contributed by atoms with Crippen LogP contribution in [0.15, 0.2) is 6.20 Å². The first-order valence-corrected chi connectivity index (χ1v) is 6.95. The van der Waals surface area contributed by atoms with E-state index in [0.717, 1.165) is 32.1 Å². The molecule has 0 bridgehead atoms. The lowest BCUT2D eigenvalue weighted by Gasteiger charge is -2.22. The molecule has 2 rings (SSSR count). The van der Waals surface area contributed by atoms with Gasteiger partial charge in [-0.1, -0.05) is 0 Å². The Balaban J connectivity index is 2.33. The average molecular weight is 296 g/mol. The molecule has 1 aromatic rings. The van der Waals surface area contributed by atoms with E-state index in [9.17, 15) is 14.9 Å². The maximum Gasteiger partial charge on any atom is 0.421 e. The fraction of sp³-hybridized carbons (Fsp3) is 0.692. The summed E-state index contributed by atoms with van der Waals surface area (Å²) in [6, 6.07) is 0. The third-order valence-corrected chi connectivity index (χ3v) is 3.20. The smallest absolute Gasteiger partial charge is 0.421 e. The number of nitro groups is 1. The van der Waals surface area contributed by atoms with Gasteiger partial charge in [0.25, 0.3) is 0 Å². The van der Waals surface area contributed by atoms with Crippen LogP contribution in [-0.4, -0.2) is 39.3 Å². The standard InChI is InChI=1S/C13H20N4O4/c1-13(2,3)21-12(18)16-8-10(17(19)20)15-11(16)9-4-6-14-7-5-9/h8-9,14H,4-7H2,1-3H3. The van der Waals surface area contributed by atoms with Crippen LogP contribution >= 0.6 is 0 Å². The Morgan fingerprint density at radius 1 is 1.48 bits per heavy atom. The number of rotatable bonds is 2. The SMILES string of the molecule is CC(C)(C)OC(=O)n1cc([N+](=O)[O-])nc1C1CCNCC1. The van der Waals surface area contributed by atoms with Crippen LogP contribution in [0.4, 0.5) is 10.6 Å². The van der Waals surface area contributed by atoms with Crippen LogP contribution in [0, 0.1) is 10.1 Å². The van der Waals surface area contributed by atoms with Crippen molar-refractivity contribution in [3.8, 4) is 0 Å². The van der Waals surface area contributed by atoms with Crippen molar-refractivity contribution < 1.29 is 14.5 Å². The van der Waals surface area contributed by atoms with Gasteiger partial charge in [0, 0.05) is 5.92 Å². The Bertz CT molecular complexity index is 541. The Morgan fingerprint density at radius 3 is 2.62 bits per heavy atom. The van der Waals surface area contributed by atoms with E-state index < -0.39 is 16.6 Å². The molecule has 0 atom stereocenters. The van der Waals surface area contributed by atoms with Gasteiger partial charge in [-0.25, -0.2) is 9.36 Å². The summed E-state index contributed by atoms with van der Waals surface area (Å²) in [5, 5.41) is 14.1. The molecule has 0 amide bonds. The lowest BCUT2D eigenvalue weighted by molar-refractivity contribution is -0.389. The van der Waals surface area contributed by atoms with Crippen molar-refractivity contribution in [2.24, 2.45) is 0 Å². The molecule has 116 valence electrons. The minimum Gasteiger partial charge on any atom is -0.443 e. The van der Waals surface area contributed by atoms with Gasteiger partial charge in [0.1, 0.15) is 11.8 Å². The molecule has 0 unspecified atom stereocenters. The molecule has 1 aliphatic heterocycles. The van der Waals surface area contributed by atoms with Crippen molar-refractivity contribution in [3.05, 3.63) is 22.1 Å². The summed E-state index contributed by atoms with van der Waals surface area (Å²) in [6.45, 7) is 6.86. The van der Waals surface area contributed by atoms with Gasteiger partial charge in [0.2, 0.25) is 5.82 Å². The van der Waals surface area contributed by atoms with Crippen molar-refractivity contribution in [2.45, 2.75) is 45.1 Å². The number of hydrogen-bond acceptors (Lipinski definition) is 6.